The minimum Gasteiger partial charge on any atom is -0.494 e. The van der Waals surface area contributed by atoms with Crippen molar-refractivity contribution in [2.75, 3.05) is 13.7 Å². The Hall–Kier alpha value is -3.08. The van der Waals surface area contributed by atoms with E-state index in [4.69, 9.17) is 9.47 Å². The van der Waals surface area contributed by atoms with Gasteiger partial charge >= 0.3 is 5.97 Å². The molecule has 5 heteroatoms. The first kappa shape index (κ1) is 15.8. The molecule has 0 aliphatic rings. The van der Waals surface area contributed by atoms with E-state index in [2.05, 4.69) is 0 Å². The van der Waals surface area contributed by atoms with Crippen LogP contribution in [-0.4, -0.2) is 30.2 Å². The summed E-state index contributed by atoms with van der Waals surface area (Å²) in [5.74, 6) is -0.0725. The molecule has 1 heterocycles. The number of ether oxygens (including phenoxy) is 2. The standard InChI is InChI=1S/C19H17NO4/c1-3-24-14-8-6-7-13(11-14)18(21)20-12-16(19(22)23-2)15-9-4-5-10-17(15)20/h4-12H,3H2,1-2H3. The molecule has 0 unspecified atom stereocenters. The van der Waals surface area contributed by atoms with Crippen molar-refractivity contribution >= 4 is 22.8 Å². The van der Waals surface area contributed by atoms with E-state index in [0.29, 0.717) is 34.4 Å². The lowest BCUT2D eigenvalue weighted by Crippen LogP contribution is -2.11. The number of fused-ring (bicyclic) bond motifs is 1. The van der Waals surface area contributed by atoms with E-state index in [0.717, 1.165) is 0 Å². The topological polar surface area (TPSA) is 57.5 Å². The lowest BCUT2D eigenvalue weighted by Gasteiger charge is -2.07. The van der Waals surface area contributed by atoms with Crippen molar-refractivity contribution in [1.29, 1.82) is 0 Å². The Morgan fingerprint density at radius 2 is 1.88 bits per heavy atom. The number of hydrogen-bond donors (Lipinski definition) is 0. The number of carbonyl (C=O) groups excluding carboxylic acids is 2. The van der Waals surface area contributed by atoms with Crippen LogP contribution >= 0.6 is 0 Å². The third-order valence-corrected chi connectivity index (χ3v) is 3.73. The van der Waals surface area contributed by atoms with E-state index >= 15 is 0 Å². The fourth-order valence-electron chi connectivity index (χ4n) is 2.64. The number of nitrogens with zero attached hydrogens (tertiary/aromatic N) is 1. The average Bonchev–Trinajstić information content (AvgIpc) is 3.01. The summed E-state index contributed by atoms with van der Waals surface area (Å²) < 4.78 is 11.7. The zero-order valence-electron chi connectivity index (χ0n) is 13.5. The lowest BCUT2D eigenvalue weighted by molar-refractivity contribution is 0.0603. The second kappa shape index (κ2) is 6.58. The fourth-order valence-corrected chi connectivity index (χ4v) is 2.64. The van der Waals surface area contributed by atoms with Gasteiger partial charge in [0.2, 0.25) is 0 Å². The van der Waals surface area contributed by atoms with Gasteiger partial charge < -0.3 is 9.47 Å². The maximum Gasteiger partial charge on any atom is 0.340 e. The largest absolute Gasteiger partial charge is 0.494 e. The van der Waals surface area contributed by atoms with Gasteiger partial charge in [-0.05, 0) is 31.2 Å². The van der Waals surface area contributed by atoms with E-state index in [1.54, 1.807) is 36.4 Å². The van der Waals surface area contributed by atoms with Crippen molar-refractivity contribution in [2.45, 2.75) is 6.92 Å². The highest BCUT2D eigenvalue weighted by Crippen LogP contribution is 2.24. The van der Waals surface area contributed by atoms with Gasteiger partial charge in [0.15, 0.2) is 0 Å². The average molecular weight is 323 g/mol. The van der Waals surface area contributed by atoms with Crippen LogP contribution in [0.15, 0.2) is 54.7 Å². The SMILES string of the molecule is CCOc1cccc(C(=O)n2cc(C(=O)OC)c3ccccc32)c1. The van der Waals surface area contributed by atoms with Crippen molar-refractivity contribution in [1.82, 2.24) is 4.57 Å². The summed E-state index contributed by atoms with van der Waals surface area (Å²) in [4.78, 5) is 24.9. The van der Waals surface area contributed by atoms with Crippen LogP contribution in [0, 0.1) is 0 Å². The Balaban J connectivity index is 2.10. The Morgan fingerprint density at radius 3 is 2.62 bits per heavy atom. The predicted molar refractivity (Wildman–Crippen MR) is 90.6 cm³/mol. The highest BCUT2D eigenvalue weighted by atomic mass is 16.5. The van der Waals surface area contributed by atoms with Gasteiger partial charge in [-0.15, -0.1) is 0 Å². The molecule has 122 valence electrons. The van der Waals surface area contributed by atoms with E-state index in [-0.39, 0.29) is 5.91 Å². The van der Waals surface area contributed by atoms with Crippen LogP contribution in [0.4, 0.5) is 0 Å². The number of para-hydroxylation sites is 1. The van der Waals surface area contributed by atoms with Crippen molar-refractivity contribution in [3.63, 3.8) is 0 Å². The summed E-state index contributed by atoms with van der Waals surface area (Å²) in [6, 6.07) is 14.2. The maximum atomic E-state index is 12.9. The summed E-state index contributed by atoms with van der Waals surface area (Å²) >= 11 is 0. The number of benzene rings is 2. The molecule has 1 aromatic heterocycles. The zero-order chi connectivity index (χ0) is 17.1. The molecule has 0 aliphatic heterocycles. The molecule has 0 spiro atoms. The highest BCUT2D eigenvalue weighted by Gasteiger charge is 2.19. The molecule has 3 rings (SSSR count). The van der Waals surface area contributed by atoms with E-state index in [1.807, 2.05) is 19.1 Å². The predicted octanol–water partition coefficient (Wildman–Crippen LogP) is 3.52. The van der Waals surface area contributed by atoms with Crippen LogP contribution in [0.1, 0.15) is 27.6 Å². The molecule has 0 radical (unpaired) electrons. The monoisotopic (exact) mass is 323 g/mol. The molecule has 0 fully saturated rings. The number of hydrogen-bond acceptors (Lipinski definition) is 4. The number of methoxy groups -OCH3 is 1. The molecule has 0 amide bonds. The van der Waals surface area contributed by atoms with Crippen molar-refractivity contribution in [2.24, 2.45) is 0 Å². The molecular weight excluding hydrogens is 306 g/mol. The fraction of sp³-hybridized carbons (Fsp3) is 0.158. The number of rotatable bonds is 4. The van der Waals surface area contributed by atoms with Crippen molar-refractivity contribution < 1.29 is 19.1 Å². The molecule has 0 saturated carbocycles. The normalized spacial score (nSPS) is 10.6. The summed E-state index contributed by atoms with van der Waals surface area (Å²) in [5, 5.41) is 0.679. The Labute approximate surface area is 139 Å². The first-order chi connectivity index (χ1) is 11.7. The first-order valence-corrected chi connectivity index (χ1v) is 7.61. The molecule has 0 atom stereocenters. The van der Waals surface area contributed by atoms with Gasteiger partial charge in [0.25, 0.3) is 5.91 Å². The molecule has 0 bridgehead atoms. The molecule has 24 heavy (non-hydrogen) atoms. The summed E-state index contributed by atoms with van der Waals surface area (Å²) in [6.45, 7) is 2.41. The van der Waals surface area contributed by atoms with Crippen molar-refractivity contribution in [3.8, 4) is 5.75 Å². The molecular formula is C19H17NO4. The molecule has 5 nitrogen and oxygen atoms in total. The molecule has 0 aliphatic carbocycles. The number of carbonyl (C=O) groups is 2. The zero-order valence-corrected chi connectivity index (χ0v) is 13.5. The van der Waals surface area contributed by atoms with Gasteiger partial charge in [-0.1, -0.05) is 24.3 Å². The highest BCUT2D eigenvalue weighted by molar-refractivity contribution is 6.10. The van der Waals surface area contributed by atoms with Gasteiger partial charge in [0, 0.05) is 17.1 Å². The van der Waals surface area contributed by atoms with E-state index in [9.17, 15) is 9.59 Å². The maximum absolute atomic E-state index is 12.9. The molecule has 3 aromatic rings. The minimum atomic E-state index is -0.471. The molecule has 2 aromatic carbocycles. The summed E-state index contributed by atoms with van der Waals surface area (Å²) in [5.41, 5.74) is 1.50. The van der Waals surface area contributed by atoms with Gasteiger partial charge in [-0.25, -0.2) is 4.79 Å². The molecule has 0 saturated heterocycles. The lowest BCUT2D eigenvalue weighted by atomic mass is 10.2. The second-order valence-corrected chi connectivity index (χ2v) is 5.19. The molecule has 0 N–H and O–H groups in total. The Bertz CT molecular complexity index is 911. The van der Waals surface area contributed by atoms with Crippen LogP contribution < -0.4 is 4.74 Å². The van der Waals surface area contributed by atoms with Gasteiger partial charge in [0.1, 0.15) is 5.75 Å². The number of esters is 1. The first-order valence-electron chi connectivity index (χ1n) is 7.61. The van der Waals surface area contributed by atoms with Crippen LogP contribution in [0.2, 0.25) is 0 Å². The third-order valence-electron chi connectivity index (χ3n) is 3.73. The Kier molecular flexibility index (Phi) is 4.33. The van der Waals surface area contributed by atoms with Gasteiger partial charge in [-0.3, -0.25) is 9.36 Å². The van der Waals surface area contributed by atoms with Crippen LogP contribution in [-0.2, 0) is 4.74 Å². The van der Waals surface area contributed by atoms with Crippen LogP contribution in [0.25, 0.3) is 10.9 Å². The Morgan fingerprint density at radius 1 is 1.08 bits per heavy atom. The van der Waals surface area contributed by atoms with E-state index in [1.165, 1.54) is 17.9 Å². The second-order valence-electron chi connectivity index (χ2n) is 5.19. The quantitative estimate of drug-likeness (QED) is 0.689. The summed E-state index contributed by atoms with van der Waals surface area (Å²) in [7, 11) is 1.32. The van der Waals surface area contributed by atoms with Gasteiger partial charge in [0.05, 0.1) is 24.8 Å². The summed E-state index contributed by atoms with van der Waals surface area (Å²) in [6.07, 6.45) is 1.52. The van der Waals surface area contributed by atoms with E-state index < -0.39 is 5.97 Å². The minimum absolute atomic E-state index is 0.233. The number of aromatic nitrogens is 1. The van der Waals surface area contributed by atoms with Crippen LogP contribution in [0.5, 0.6) is 5.75 Å². The van der Waals surface area contributed by atoms with Gasteiger partial charge in [-0.2, -0.15) is 0 Å². The van der Waals surface area contributed by atoms with Crippen LogP contribution in [0.3, 0.4) is 0 Å². The smallest absolute Gasteiger partial charge is 0.340 e. The van der Waals surface area contributed by atoms with Crippen molar-refractivity contribution in [3.05, 3.63) is 65.9 Å². The third kappa shape index (κ3) is 2.76.